The van der Waals surface area contributed by atoms with Crippen molar-refractivity contribution in [3.05, 3.63) is 66.8 Å². The van der Waals surface area contributed by atoms with E-state index >= 15 is 0 Å². The van der Waals surface area contributed by atoms with Crippen LogP contribution < -0.4 is 11.1 Å². The van der Waals surface area contributed by atoms with E-state index in [0.717, 1.165) is 20.8 Å². The van der Waals surface area contributed by atoms with Crippen LogP contribution in [0.2, 0.25) is 0 Å². The Morgan fingerprint density at radius 3 is 2.71 bits per heavy atom. The third kappa shape index (κ3) is 3.06. The third-order valence-electron chi connectivity index (χ3n) is 4.86. The van der Waals surface area contributed by atoms with E-state index in [2.05, 4.69) is 4.98 Å². The van der Waals surface area contributed by atoms with Gasteiger partial charge in [0.25, 0.3) is 11.1 Å². The average molecular weight is 413 g/mol. The van der Waals surface area contributed by atoms with Gasteiger partial charge in [0.15, 0.2) is 5.16 Å². The van der Waals surface area contributed by atoms with Crippen molar-refractivity contribution in [3.63, 3.8) is 0 Å². The lowest BCUT2D eigenvalue weighted by Gasteiger charge is -2.10. The minimum atomic E-state index is -0.106. The lowest BCUT2D eigenvalue weighted by molar-refractivity contribution is 0.635. The largest absolute Gasteiger partial charge is 0.287 e. The first-order valence-electron chi connectivity index (χ1n) is 9.02. The number of thiophene rings is 1. The maximum atomic E-state index is 12.9. The average Bonchev–Trinajstić information content (AvgIpc) is 2.95. The van der Waals surface area contributed by atoms with Gasteiger partial charge in [-0.05, 0) is 44.9 Å². The standard InChI is InChI=1S/C20H20N4O2S2/c1-5-23-19(26)16-12(3)13(4)28-18(16)22-20(23)27-10-14-9-15(25)24-8-6-7-11(2)17(24)21-14/h6-9H,5,10H2,1-4H3. The second-order valence-electron chi connectivity index (χ2n) is 6.67. The van der Waals surface area contributed by atoms with Crippen molar-refractivity contribution < 1.29 is 0 Å². The number of thioether (sulfide) groups is 1. The van der Waals surface area contributed by atoms with Crippen LogP contribution in [0.25, 0.3) is 15.9 Å². The normalized spacial score (nSPS) is 11.6. The Morgan fingerprint density at radius 2 is 1.96 bits per heavy atom. The molecule has 0 unspecified atom stereocenters. The van der Waals surface area contributed by atoms with Gasteiger partial charge in [-0.25, -0.2) is 9.97 Å². The Labute approximate surface area is 169 Å². The Kier molecular flexibility index (Phi) is 4.84. The molecule has 4 aromatic heterocycles. The summed E-state index contributed by atoms with van der Waals surface area (Å²) < 4.78 is 3.25. The van der Waals surface area contributed by atoms with Gasteiger partial charge in [-0.2, -0.15) is 0 Å². The summed E-state index contributed by atoms with van der Waals surface area (Å²) in [5, 5.41) is 1.37. The summed E-state index contributed by atoms with van der Waals surface area (Å²) in [4.78, 5) is 36.6. The number of hydrogen-bond donors (Lipinski definition) is 0. The highest BCUT2D eigenvalue weighted by Crippen LogP contribution is 2.29. The van der Waals surface area contributed by atoms with Crippen LogP contribution in [0.1, 0.15) is 28.6 Å². The number of pyridine rings is 1. The number of aryl methyl sites for hydroxylation is 3. The fourth-order valence-electron chi connectivity index (χ4n) is 3.22. The zero-order chi connectivity index (χ0) is 20.0. The molecule has 4 rings (SSSR count). The first-order valence-corrected chi connectivity index (χ1v) is 10.8. The Bertz CT molecular complexity index is 1330. The Balaban J connectivity index is 1.75. The number of aromatic nitrogens is 4. The zero-order valence-corrected chi connectivity index (χ0v) is 17.8. The lowest BCUT2D eigenvalue weighted by atomic mass is 10.2. The molecule has 8 heteroatoms. The van der Waals surface area contributed by atoms with Gasteiger partial charge in [-0.15, -0.1) is 11.3 Å². The molecular formula is C20H20N4O2S2. The molecule has 144 valence electrons. The molecule has 4 heterocycles. The van der Waals surface area contributed by atoms with E-state index in [1.54, 1.807) is 32.6 Å². The van der Waals surface area contributed by atoms with Crippen LogP contribution in [0, 0.1) is 20.8 Å². The first kappa shape index (κ1) is 18.9. The SMILES string of the molecule is CCn1c(SCc2cc(=O)n3cccc(C)c3n2)nc2sc(C)c(C)c2c1=O. The van der Waals surface area contributed by atoms with Crippen molar-refractivity contribution >= 4 is 39.0 Å². The van der Waals surface area contributed by atoms with Crippen molar-refractivity contribution in [3.8, 4) is 0 Å². The van der Waals surface area contributed by atoms with E-state index < -0.39 is 0 Å². The molecule has 0 saturated carbocycles. The summed E-state index contributed by atoms with van der Waals surface area (Å²) in [6.45, 7) is 8.41. The van der Waals surface area contributed by atoms with Gasteiger partial charge in [0.2, 0.25) is 0 Å². The molecule has 4 aromatic rings. The zero-order valence-electron chi connectivity index (χ0n) is 16.1. The molecule has 6 nitrogen and oxygen atoms in total. The molecule has 0 N–H and O–H groups in total. The first-order chi connectivity index (χ1) is 13.4. The lowest BCUT2D eigenvalue weighted by Crippen LogP contribution is -2.22. The maximum Gasteiger partial charge on any atom is 0.263 e. The number of rotatable bonds is 4. The highest BCUT2D eigenvalue weighted by molar-refractivity contribution is 7.98. The van der Waals surface area contributed by atoms with Crippen LogP contribution >= 0.6 is 23.1 Å². The van der Waals surface area contributed by atoms with E-state index in [4.69, 9.17) is 4.98 Å². The van der Waals surface area contributed by atoms with Gasteiger partial charge < -0.3 is 0 Å². The molecule has 0 aliphatic carbocycles. The molecule has 0 aliphatic rings. The smallest absolute Gasteiger partial charge is 0.263 e. The van der Waals surface area contributed by atoms with Crippen LogP contribution in [0.4, 0.5) is 0 Å². The minimum absolute atomic E-state index is 0.000709. The van der Waals surface area contributed by atoms with Gasteiger partial charge in [0, 0.05) is 29.4 Å². The second kappa shape index (κ2) is 7.18. The maximum absolute atomic E-state index is 12.9. The van der Waals surface area contributed by atoms with Crippen molar-refractivity contribution in [2.75, 3.05) is 0 Å². The van der Waals surface area contributed by atoms with E-state index in [9.17, 15) is 9.59 Å². The molecule has 28 heavy (non-hydrogen) atoms. The molecule has 0 fully saturated rings. The Morgan fingerprint density at radius 1 is 1.18 bits per heavy atom. The van der Waals surface area contributed by atoms with E-state index in [1.807, 2.05) is 39.8 Å². The van der Waals surface area contributed by atoms with Crippen molar-refractivity contribution in [1.29, 1.82) is 0 Å². The van der Waals surface area contributed by atoms with E-state index in [0.29, 0.717) is 34.2 Å². The molecule has 0 aromatic carbocycles. The summed E-state index contributed by atoms with van der Waals surface area (Å²) in [5.74, 6) is 0.474. The second-order valence-corrected chi connectivity index (χ2v) is 8.81. The van der Waals surface area contributed by atoms with E-state index in [1.165, 1.54) is 11.8 Å². The summed E-state index contributed by atoms with van der Waals surface area (Å²) in [7, 11) is 0. The highest BCUT2D eigenvalue weighted by atomic mass is 32.2. The van der Waals surface area contributed by atoms with Gasteiger partial charge in [-0.3, -0.25) is 18.6 Å². The molecular weight excluding hydrogens is 392 g/mol. The molecule has 0 aliphatic heterocycles. The number of fused-ring (bicyclic) bond motifs is 2. The van der Waals surface area contributed by atoms with Crippen molar-refractivity contribution in [1.82, 2.24) is 18.9 Å². The fraction of sp³-hybridized carbons (Fsp3) is 0.300. The van der Waals surface area contributed by atoms with Crippen LogP contribution in [-0.2, 0) is 12.3 Å². The quantitative estimate of drug-likeness (QED) is 0.378. The summed E-state index contributed by atoms with van der Waals surface area (Å²) in [6, 6.07) is 5.32. The van der Waals surface area contributed by atoms with Crippen LogP contribution in [-0.4, -0.2) is 18.9 Å². The topological polar surface area (TPSA) is 69.3 Å². The monoisotopic (exact) mass is 412 g/mol. The predicted octanol–water partition coefficient (Wildman–Crippen LogP) is 3.70. The van der Waals surface area contributed by atoms with Gasteiger partial charge >= 0.3 is 0 Å². The van der Waals surface area contributed by atoms with Crippen LogP contribution in [0.15, 0.2) is 39.1 Å². The minimum Gasteiger partial charge on any atom is -0.287 e. The summed E-state index contributed by atoms with van der Waals surface area (Å²) >= 11 is 2.99. The predicted molar refractivity (Wildman–Crippen MR) is 115 cm³/mol. The summed E-state index contributed by atoms with van der Waals surface area (Å²) in [5.41, 5.74) is 3.19. The highest BCUT2D eigenvalue weighted by Gasteiger charge is 2.16. The number of nitrogens with zero attached hydrogens (tertiary/aromatic N) is 4. The van der Waals surface area contributed by atoms with Gasteiger partial charge in [0.05, 0.1) is 11.1 Å². The van der Waals surface area contributed by atoms with Crippen molar-refractivity contribution in [2.45, 2.75) is 45.1 Å². The molecule has 0 spiro atoms. The van der Waals surface area contributed by atoms with Crippen LogP contribution in [0.5, 0.6) is 0 Å². The molecule has 0 amide bonds. The summed E-state index contributed by atoms with van der Waals surface area (Å²) in [6.07, 6.45) is 1.72. The van der Waals surface area contributed by atoms with Gasteiger partial charge in [0.1, 0.15) is 10.5 Å². The van der Waals surface area contributed by atoms with Crippen LogP contribution in [0.3, 0.4) is 0 Å². The molecule has 0 atom stereocenters. The molecule has 0 saturated heterocycles. The van der Waals surface area contributed by atoms with Crippen molar-refractivity contribution in [2.24, 2.45) is 0 Å². The molecule has 0 radical (unpaired) electrons. The number of hydrogen-bond acceptors (Lipinski definition) is 6. The van der Waals surface area contributed by atoms with E-state index in [-0.39, 0.29) is 11.1 Å². The Hall–Kier alpha value is -2.45. The fourth-order valence-corrected chi connectivity index (χ4v) is 5.25. The van der Waals surface area contributed by atoms with Gasteiger partial charge in [-0.1, -0.05) is 17.8 Å². The molecule has 0 bridgehead atoms. The third-order valence-corrected chi connectivity index (χ3v) is 6.97.